The van der Waals surface area contributed by atoms with Gasteiger partial charge in [-0.3, -0.25) is 20.2 Å². The zero-order valence-electron chi connectivity index (χ0n) is 17.0. The van der Waals surface area contributed by atoms with Crippen molar-refractivity contribution in [2.45, 2.75) is 20.3 Å². The third-order valence-corrected chi connectivity index (χ3v) is 5.81. The first kappa shape index (κ1) is 21.5. The topological polar surface area (TPSA) is 127 Å². The largest absolute Gasteiger partial charge is 0.332 e. The SMILES string of the molecule is CCc1nnc2sc(-c3ccc(NC(=S)NC(=O)c4ccc(C)c([N+](=O)[O-])c4)cc3)nn12. The van der Waals surface area contributed by atoms with Gasteiger partial charge in [0.25, 0.3) is 11.6 Å². The fourth-order valence-electron chi connectivity index (χ4n) is 2.98. The van der Waals surface area contributed by atoms with Crippen LogP contribution in [-0.2, 0) is 6.42 Å². The van der Waals surface area contributed by atoms with E-state index in [4.69, 9.17) is 12.2 Å². The molecule has 4 aromatic rings. The van der Waals surface area contributed by atoms with Gasteiger partial charge in [-0.05, 0) is 49.5 Å². The fraction of sp³-hybridized carbons (Fsp3) is 0.150. The molecule has 4 rings (SSSR count). The third kappa shape index (κ3) is 4.31. The highest BCUT2D eigenvalue weighted by Gasteiger charge is 2.16. The first-order chi connectivity index (χ1) is 15.4. The number of nitrogens with zero attached hydrogens (tertiary/aromatic N) is 5. The van der Waals surface area contributed by atoms with E-state index in [-0.39, 0.29) is 16.4 Å². The molecule has 0 saturated carbocycles. The summed E-state index contributed by atoms with van der Waals surface area (Å²) >= 11 is 6.65. The minimum absolute atomic E-state index is 0.0809. The van der Waals surface area contributed by atoms with Crippen LogP contribution in [0.3, 0.4) is 0 Å². The van der Waals surface area contributed by atoms with E-state index in [1.54, 1.807) is 11.4 Å². The molecule has 0 unspecified atom stereocenters. The monoisotopic (exact) mass is 467 g/mol. The molecule has 0 atom stereocenters. The lowest BCUT2D eigenvalue weighted by Crippen LogP contribution is -2.34. The molecule has 0 radical (unpaired) electrons. The molecule has 0 spiro atoms. The van der Waals surface area contributed by atoms with Crippen molar-refractivity contribution in [3.05, 3.63) is 69.5 Å². The van der Waals surface area contributed by atoms with Crippen LogP contribution in [0.2, 0.25) is 0 Å². The molecule has 10 nitrogen and oxygen atoms in total. The second-order valence-corrected chi connectivity index (χ2v) is 8.18. The fourth-order valence-corrected chi connectivity index (χ4v) is 4.05. The van der Waals surface area contributed by atoms with Crippen molar-refractivity contribution in [2.75, 3.05) is 5.32 Å². The van der Waals surface area contributed by atoms with Gasteiger partial charge in [-0.1, -0.05) is 24.3 Å². The molecule has 2 aromatic heterocycles. The average molecular weight is 468 g/mol. The van der Waals surface area contributed by atoms with Crippen LogP contribution in [-0.4, -0.2) is 35.8 Å². The van der Waals surface area contributed by atoms with Crippen LogP contribution in [0.25, 0.3) is 15.5 Å². The maximum Gasteiger partial charge on any atom is 0.273 e. The minimum atomic E-state index is -0.534. The number of fused-ring (bicyclic) bond motifs is 1. The van der Waals surface area contributed by atoms with Crippen LogP contribution in [0, 0.1) is 17.0 Å². The summed E-state index contributed by atoms with van der Waals surface area (Å²) in [5, 5.41) is 30.2. The number of carbonyl (C=O) groups excluding carboxylic acids is 1. The summed E-state index contributed by atoms with van der Waals surface area (Å²) in [6.45, 7) is 3.61. The molecule has 32 heavy (non-hydrogen) atoms. The molecule has 2 N–H and O–H groups in total. The van der Waals surface area contributed by atoms with Crippen LogP contribution < -0.4 is 10.6 Å². The zero-order valence-corrected chi connectivity index (χ0v) is 18.7. The summed E-state index contributed by atoms with van der Waals surface area (Å²) in [4.78, 5) is 23.7. The molecule has 0 aliphatic carbocycles. The molecule has 0 aliphatic rings. The Bertz CT molecular complexity index is 1350. The second-order valence-electron chi connectivity index (χ2n) is 6.82. The van der Waals surface area contributed by atoms with Gasteiger partial charge < -0.3 is 5.32 Å². The van der Waals surface area contributed by atoms with E-state index in [9.17, 15) is 14.9 Å². The van der Waals surface area contributed by atoms with Crippen LogP contribution in [0.15, 0.2) is 42.5 Å². The highest BCUT2D eigenvalue weighted by atomic mass is 32.1. The molecular formula is C20H17N7O3S2. The van der Waals surface area contributed by atoms with Gasteiger partial charge in [0.2, 0.25) is 4.96 Å². The maximum atomic E-state index is 12.4. The van der Waals surface area contributed by atoms with Gasteiger partial charge >= 0.3 is 0 Å². The lowest BCUT2D eigenvalue weighted by Gasteiger charge is -2.10. The number of rotatable bonds is 5. The lowest BCUT2D eigenvalue weighted by atomic mass is 10.1. The van der Waals surface area contributed by atoms with E-state index in [0.29, 0.717) is 11.3 Å². The Hall–Kier alpha value is -3.77. The highest BCUT2D eigenvalue weighted by Crippen LogP contribution is 2.26. The second kappa shape index (κ2) is 8.77. The van der Waals surface area contributed by atoms with Gasteiger partial charge in [0, 0.05) is 34.9 Å². The van der Waals surface area contributed by atoms with Crippen LogP contribution >= 0.6 is 23.6 Å². The lowest BCUT2D eigenvalue weighted by molar-refractivity contribution is -0.385. The van der Waals surface area contributed by atoms with Crippen molar-refractivity contribution in [2.24, 2.45) is 0 Å². The Kier molecular flexibility index (Phi) is 5.88. The molecule has 0 aliphatic heterocycles. The number of carbonyl (C=O) groups is 1. The Morgan fingerprint density at radius 3 is 2.66 bits per heavy atom. The van der Waals surface area contributed by atoms with Crippen LogP contribution in [0.1, 0.15) is 28.7 Å². The standard InChI is InChI=1S/C20H17N7O3S2/c1-3-16-23-24-20-26(16)25-18(32-20)12-6-8-14(9-7-12)21-19(31)22-17(28)13-5-4-11(2)15(10-13)27(29)30/h4-10H,3H2,1-2H3,(H2,21,22,28,31). The number of thiocarbonyl (C=S) groups is 1. The van der Waals surface area contributed by atoms with E-state index < -0.39 is 10.8 Å². The van der Waals surface area contributed by atoms with Gasteiger partial charge in [0.15, 0.2) is 10.9 Å². The Morgan fingerprint density at radius 2 is 1.97 bits per heavy atom. The molecular weight excluding hydrogens is 450 g/mol. The Balaban J connectivity index is 1.42. The summed E-state index contributed by atoms with van der Waals surface area (Å²) < 4.78 is 1.74. The van der Waals surface area contributed by atoms with E-state index in [1.165, 1.54) is 29.5 Å². The van der Waals surface area contributed by atoms with E-state index >= 15 is 0 Å². The summed E-state index contributed by atoms with van der Waals surface area (Å²) in [7, 11) is 0. The number of anilines is 1. The van der Waals surface area contributed by atoms with Crippen LogP contribution in [0.5, 0.6) is 0 Å². The van der Waals surface area contributed by atoms with E-state index in [0.717, 1.165) is 27.8 Å². The number of amides is 1. The van der Waals surface area contributed by atoms with Gasteiger partial charge in [0.1, 0.15) is 5.01 Å². The molecule has 2 aromatic carbocycles. The Labute approximate surface area is 191 Å². The van der Waals surface area contributed by atoms with Gasteiger partial charge in [-0.25, -0.2) is 0 Å². The highest BCUT2D eigenvalue weighted by molar-refractivity contribution is 7.80. The number of hydrogen-bond donors (Lipinski definition) is 2. The quantitative estimate of drug-likeness (QED) is 0.258. The van der Waals surface area contributed by atoms with Crippen molar-refractivity contribution in [3.8, 4) is 10.6 Å². The minimum Gasteiger partial charge on any atom is -0.332 e. The van der Waals surface area contributed by atoms with Crippen molar-refractivity contribution in [1.82, 2.24) is 25.1 Å². The molecule has 1 amide bonds. The number of benzene rings is 2. The average Bonchev–Trinajstić information content (AvgIpc) is 3.35. The predicted octanol–water partition coefficient (Wildman–Crippen LogP) is 3.76. The maximum absolute atomic E-state index is 12.4. The van der Waals surface area contributed by atoms with Gasteiger partial charge in [-0.2, -0.15) is 9.61 Å². The molecule has 162 valence electrons. The number of nitrogens with one attached hydrogen (secondary N) is 2. The van der Waals surface area contributed by atoms with Crippen molar-refractivity contribution in [3.63, 3.8) is 0 Å². The summed E-state index contributed by atoms with van der Waals surface area (Å²) in [6, 6.07) is 11.7. The summed E-state index contributed by atoms with van der Waals surface area (Å²) in [5.74, 6) is 0.273. The number of aryl methyl sites for hydroxylation is 2. The first-order valence-electron chi connectivity index (χ1n) is 9.54. The summed E-state index contributed by atoms with van der Waals surface area (Å²) in [5.41, 5.74) is 2.09. The Morgan fingerprint density at radius 1 is 1.22 bits per heavy atom. The van der Waals surface area contributed by atoms with E-state index in [2.05, 4.69) is 25.9 Å². The molecule has 0 fully saturated rings. The van der Waals surface area contributed by atoms with Crippen molar-refractivity contribution >= 4 is 50.9 Å². The molecule has 12 heteroatoms. The smallest absolute Gasteiger partial charge is 0.273 e. The van der Waals surface area contributed by atoms with Gasteiger partial charge in [0.05, 0.1) is 4.92 Å². The summed E-state index contributed by atoms with van der Waals surface area (Å²) in [6.07, 6.45) is 0.742. The third-order valence-electron chi connectivity index (χ3n) is 4.66. The normalized spacial score (nSPS) is 10.8. The van der Waals surface area contributed by atoms with Crippen molar-refractivity contribution in [1.29, 1.82) is 0 Å². The number of nitro benzene ring substituents is 1. The van der Waals surface area contributed by atoms with Gasteiger partial charge in [-0.15, -0.1) is 10.2 Å². The molecule has 2 heterocycles. The van der Waals surface area contributed by atoms with Crippen molar-refractivity contribution < 1.29 is 9.72 Å². The number of aromatic nitrogens is 4. The molecule has 0 bridgehead atoms. The zero-order chi connectivity index (χ0) is 22.8. The molecule has 0 saturated heterocycles. The first-order valence-corrected chi connectivity index (χ1v) is 10.8. The number of hydrogen-bond acceptors (Lipinski definition) is 8. The predicted molar refractivity (Wildman–Crippen MR) is 125 cm³/mol. The van der Waals surface area contributed by atoms with E-state index in [1.807, 2.05) is 31.2 Å². The van der Waals surface area contributed by atoms with Crippen LogP contribution in [0.4, 0.5) is 11.4 Å². The number of nitro groups is 1.